The van der Waals surface area contributed by atoms with Crippen molar-refractivity contribution in [1.82, 2.24) is 9.97 Å². The number of nitrogen functional groups attached to an aromatic ring is 1. The minimum atomic E-state index is -0.0798. The summed E-state index contributed by atoms with van der Waals surface area (Å²) in [5.74, 6) is 0.649. The first-order valence-corrected chi connectivity index (χ1v) is 8.51. The topological polar surface area (TPSA) is 101 Å². The molecule has 0 unspecified atom stereocenters. The number of aromatic nitrogens is 2. The molecule has 2 aromatic heterocycles. The van der Waals surface area contributed by atoms with Gasteiger partial charge in [-0.2, -0.15) is 0 Å². The van der Waals surface area contributed by atoms with Crippen molar-refractivity contribution in [2.45, 2.75) is 25.8 Å². The van der Waals surface area contributed by atoms with E-state index in [1.165, 1.54) is 18.3 Å². The van der Waals surface area contributed by atoms with Crippen molar-refractivity contribution in [3.8, 4) is 17.0 Å². The highest BCUT2D eigenvalue weighted by Gasteiger charge is 2.24. The third kappa shape index (κ3) is 2.56. The molecule has 4 rings (SSSR count). The fraction of sp³-hybridized carbons (Fsp3) is 0.235. The van der Waals surface area contributed by atoms with Crippen LogP contribution < -0.4 is 11.1 Å². The molecule has 3 aromatic rings. The van der Waals surface area contributed by atoms with Gasteiger partial charge in [-0.3, -0.25) is 4.79 Å². The van der Waals surface area contributed by atoms with Crippen molar-refractivity contribution in [1.29, 1.82) is 0 Å². The molecular weight excluding hydrogens is 324 g/mol. The number of hydrogen-bond acceptors (Lipinski definition) is 7. The van der Waals surface area contributed by atoms with E-state index in [0.29, 0.717) is 38.5 Å². The van der Waals surface area contributed by atoms with E-state index in [0.717, 1.165) is 18.4 Å². The third-order valence-electron chi connectivity index (χ3n) is 3.96. The fourth-order valence-corrected chi connectivity index (χ4v) is 3.58. The quantitative estimate of drug-likeness (QED) is 0.629. The maximum Gasteiger partial charge on any atom is 0.224 e. The summed E-state index contributed by atoms with van der Waals surface area (Å²) in [5.41, 5.74) is 8.12. The van der Waals surface area contributed by atoms with Crippen LogP contribution in [0, 0.1) is 0 Å². The van der Waals surface area contributed by atoms with Crippen LogP contribution in [0.3, 0.4) is 0 Å². The van der Waals surface area contributed by atoms with E-state index in [9.17, 15) is 9.90 Å². The van der Waals surface area contributed by atoms with Crippen LogP contribution in [0.2, 0.25) is 0 Å². The molecule has 0 spiro atoms. The number of ketones is 1. The van der Waals surface area contributed by atoms with E-state index in [-0.39, 0.29) is 11.5 Å². The summed E-state index contributed by atoms with van der Waals surface area (Å²) in [6.45, 7) is 1.50. The molecule has 0 radical (unpaired) electrons. The van der Waals surface area contributed by atoms with Gasteiger partial charge >= 0.3 is 0 Å². The molecule has 0 amide bonds. The fourth-order valence-electron chi connectivity index (χ4n) is 2.59. The molecule has 7 heteroatoms. The van der Waals surface area contributed by atoms with Gasteiger partial charge in [0.1, 0.15) is 10.6 Å². The van der Waals surface area contributed by atoms with E-state index in [1.54, 1.807) is 24.3 Å². The lowest BCUT2D eigenvalue weighted by molar-refractivity contribution is 0.102. The zero-order valence-corrected chi connectivity index (χ0v) is 13.9. The van der Waals surface area contributed by atoms with Crippen molar-refractivity contribution in [3.63, 3.8) is 0 Å². The van der Waals surface area contributed by atoms with Gasteiger partial charge in [-0.25, -0.2) is 9.97 Å². The number of nitrogens with two attached hydrogens (primary N) is 1. The van der Waals surface area contributed by atoms with Crippen LogP contribution in [0.25, 0.3) is 21.5 Å². The maximum atomic E-state index is 11.8. The lowest BCUT2D eigenvalue weighted by Gasteiger charge is -2.08. The number of anilines is 2. The summed E-state index contributed by atoms with van der Waals surface area (Å²) >= 11 is 1.29. The lowest BCUT2D eigenvalue weighted by Crippen LogP contribution is -2.06. The third-order valence-corrected chi connectivity index (χ3v) is 5.16. The van der Waals surface area contributed by atoms with Crippen LogP contribution in [0.1, 0.15) is 29.4 Å². The van der Waals surface area contributed by atoms with Crippen LogP contribution >= 0.6 is 11.3 Å². The Morgan fingerprint density at radius 3 is 2.62 bits per heavy atom. The Morgan fingerprint density at radius 1 is 1.29 bits per heavy atom. The number of hydrogen-bond donors (Lipinski definition) is 3. The highest BCUT2D eigenvalue weighted by Crippen LogP contribution is 2.40. The minimum absolute atomic E-state index is 0.0798. The van der Waals surface area contributed by atoms with Crippen LogP contribution in [0.4, 0.5) is 11.6 Å². The Balaban J connectivity index is 1.96. The molecule has 4 N–H and O–H groups in total. The van der Waals surface area contributed by atoms with Crippen LogP contribution in [0.15, 0.2) is 24.3 Å². The monoisotopic (exact) mass is 340 g/mol. The number of aromatic hydroxyl groups is 1. The second kappa shape index (κ2) is 5.45. The molecule has 6 nitrogen and oxygen atoms in total. The Labute approximate surface area is 142 Å². The van der Waals surface area contributed by atoms with Crippen LogP contribution in [-0.2, 0) is 0 Å². The number of phenols is 1. The Bertz CT molecular complexity index is 945. The SMILES string of the molecule is CC(=O)c1sc2nc(NC3CC3)nc(-c3ccc(O)cc3)c2c1N. The number of rotatable bonds is 4. The average molecular weight is 340 g/mol. The van der Waals surface area contributed by atoms with Gasteiger partial charge in [0.15, 0.2) is 5.78 Å². The molecule has 0 aliphatic heterocycles. The van der Waals surface area contributed by atoms with Crippen molar-refractivity contribution in [3.05, 3.63) is 29.1 Å². The Kier molecular flexibility index (Phi) is 3.38. The summed E-state index contributed by atoms with van der Waals surface area (Å²) in [6, 6.07) is 7.18. The van der Waals surface area contributed by atoms with Gasteiger partial charge in [0.25, 0.3) is 0 Å². The molecule has 1 aliphatic rings. The molecule has 2 heterocycles. The molecule has 24 heavy (non-hydrogen) atoms. The van der Waals surface area contributed by atoms with Gasteiger partial charge in [-0.05, 0) is 37.1 Å². The van der Waals surface area contributed by atoms with Crippen molar-refractivity contribution < 1.29 is 9.90 Å². The second-order valence-corrected chi connectivity index (χ2v) is 6.94. The summed E-state index contributed by atoms with van der Waals surface area (Å²) in [4.78, 5) is 22.2. The predicted molar refractivity (Wildman–Crippen MR) is 95.6 cm³/mol. The van der Waals surface area contributed by atoms with E-state index in [2.05, 4.69) is 15.3 Å². The smallest absolute Gasteiger partial charge is 0.224 e. The number of phenolic OH excluding ortho intramolecular Hbond substituents is 1. The van der Waals surface area contributed by atoms with E-state index >= 15 is 0 Å². The van der Waals surface area contributed by atoms with Gasteiger partial charge in [-0.1, -0.05) is 0 Å². The van der Waals surface area contributed by atoms with Crippen molar-refractivity contribution >= 4 is 39.0 Å². The van der Waals surface area contributed by atoms with E-state index in [4.69, 9.17) is 5.73 Å². The Hall–Kier alpha value is -2.67. The highest BCUT2D eigenvalue weighted by molar-refractivity contribution is 7.21. The molecule has 122 valence electrons. The average Bonchev–Trinajstić information content (AvgIpc) is 3.29. The van der Waals surface area contributed by atoms with E-state index in [1.807, 2.05) is 0 Å². The maximum absolute atomic E-state index is 11.8. The molecule has 1 saturated carbocycles. The van der Waals surface area contributed by atoms with Crippen LogP contribution in [-0.4, -0.2) is 26.9 Å². The van der Waals surface area contributed by atoms with Crippen LogP contribution in [0.5, 0.6) is 5.75 Å². The number of carbonyl (C=O) groups excluding carboxylic acids is 1. The van der Waals surface area contributed by atoms with Crippen molar-refractivity contribution in [2.75, 3.05) is 11.1 Å². The Morgan fingerprint density at radius 2 is 2.00 bits per heavy atom. The molecule has 0 saturated heterocycles. The number of nitrogens with zero attached hydrogens (tertiary/aromatic N) is 2. The number of Topliss-reactive ketones (excluding diaryl/α,β-unsaturated/α-hetero) is 1. The number of thiophene rings is 1. The first-order chi connectivity index (χ1) is 11.5. The highest BCUT2D eigenvalue weighted by atomic mass is 32.1. The van der Waals surface area contributed by atoms with Gasteiger partial charge < -0.3 is 16.2 Å². The molecule has 0 atom stereocenters. The number of carbonyl (C=O) groups is 1. The first-order valence-electron chi connectivity index (χ1n) is 7.70. The van der Waals surface area contributed by atoms with Gasteiger partial charge in [0.2, 0.25) is 5.95 Å². The molecular formula is C17H16N4O2S. The van der Waals surface area contributed by atoms with Gasteiger partial charge in [0.05, 0.1) is 21.6 Å². The van der Waals surface area contributed by atoms with Crippen molar-refractivity contribution in [2.24, 2.45) is 0 Å². The largest absolute Gasteiger partial charge is 0.508 e. The lowest BCUT2D eigenvalue weighted by atomic mass is 10.1. The summed E-state index contributed by atoms with van der Waals surface area (Å²) in [5, 5.41) is 13.5. The second-order valence-electron chi connectivity index (χ2n) is 5.94. The molecule has 1 fully saturated rings. The van der Waals surface area contributed by atoms with Gasteiger partial charge in [0, 0.05) is 18.5 Å². The van der Waals surface area contributed by atoms with Gasteiger partial charge in [-0.15, -0.1) is 11.3 Å². The standard InChI is InChI=1S/C17H16N4O2S/c1-8(22)15-13(18)12-14(9-2-6-11(23)7-3-9)20-17(19-10-4-5-10)21-16(12)24-15/h2-3,6-7,10,23H,4-5,18H2,1H3,(H,19,20,21). The zero-order valence-electron chi connectivity index (χ0n) is 13.0. The predicted octanol–water partition coefficient (Wildman–Crippen LogP) is 3.42. The summed E-state index contributed by atoms with van der Waals surface area (Å²) in [7, 11) is 0. The first kappa shape index (κ1) is 14.9. The number of benzene rings is 1. The normalized spacial score (nSPS) is 14.0. The molecule has 0 bridgehead atoms. The molecule has 1 aliphatic carbocycles. The summed E-state index contributed by atoms with van der Waals surface area (Å²) < 4.78 is 0. The molecule has 1 aromatic carbocycles. The number of nitrogens with one attached hydrogen (secondary N) is 1. The number of fused-ring (bicyclic) bond motifs is 1. The minimum Gasteiger partial charge on any atom is -0.508 e. The van der Waals surface area contributed by atoms with E-state index < -0.39 is 0 Å². The summed E-state index contributed by atoms with van der Waals surface area (Å²) in [6.07, 6.45) is 2.22. The zero-order chi connectivity index (χ0) is 16.8.